The number of fused-ring (bicyclic) bond motifs is 3. The summed E-state index contributed by atoms with van der Waals surface area (Å²) in [4.78, 5) is 6.14. The second kappa shape index (κ2) is 3.65. The van der Waals surface area contributed by atoms with Crippen LogP contribution in [0.4, 0.5) is 0 Å². The van der Waals surface area contributed by atoms with Crippen LogP contribution in [0.25, 0.3) is 11.3 Å². The Labute approximate surface area is 106 Å². The Bertz CT molecular complexity index is 569. The molecule has 1 unspecified atom stereocenters. The van der Waals surface area contributed by atoms with Crippen LogP contribution >= 0.6 is 11.3 Å². The van der Waals surface area contributed by atoms with Crippen LogP contribution in [0.2, 0.25) is 0 Å². The molecule has 2 nitrogen and oxygen atoms in total. The number of aromatic nitrogens is 1. The molecule has 0 fully saturated rings. The molecular weight excluding hydrogens is 228 g/mol. The summed E-state index contributed by atoms with van der Waals surface area (Å²) in [6.45, 7) is 4.17. The lowest BCUT2D eigenvalue weighted by Crippen LogP contribution is -2.31. The van der Waals surface area contributed by atoms with Crippen LogP contribution in [0.1, 0.15) is 35.7 Å². The number of nitrogens with zero attached hydrogens (tertiary/aromatic N) is 1. The second-order valence-electron chi connectivity index (χ2n) is 4.90. The highest BCUT2D eigenvalue weighted by Crippen LogP contribution is 2.41. The molecule has 1 heterocycles. The van der Waals surface area contributed by atoms with Crippen molar-refractivity contribution in [3.05, 3.63) is 39.7 Å². The summed E-state index contributed by atoms with van der Waals surface area (Å²) in [5, 5.41) is 1.07. The first-order chi connectivity index (χ1) is 8.12. The highest BCUT2D eigenvalue weighted by Gasteiger charge is 2.29. The van der Waals surface area contributed by atoms with Crippen molar-refractivity contribution in [2.24, 2.45) is 5.73 Å². The van der Waals surface area contributed by atoms with Crippen molar-refractivity contribution in [1.29, 1.82) is 0 Å². The Morgan fingerprint density at radius 3 is 2.94 bits per heavy atom. The SMILES string of the molecule is CCC(C)(N)c1nc2c(s1)Cc1ccccc1-2. The van der Waals surface area contributed by atoms with Crippen LogP contribution in [-0.2, 0) is 12.0 Å². The van der Waals surface area contributed by atoms with E-state index in [-0.39, 0.29) is 5.54 Å². The maximum Gasteiger partial charge on any atom is 0.113 e. The van der Waals surface area contributed by atoms with Crippen LogP contribution in [-0.4, -0.2) is 4.98 Å². The molecule has 0 saturated heterocycles. The van der Waals surface area contributed by atoms with Crippen molar-refractivity contribution in [1.82, 2.24) is 4.98 Å². The number of benzene rings is 1. The maximum absolute atomic E-state index is 6.27. The van der Waals surface area contributed by atoms with Gasteiger partial charge in [-0.3, -0.25) is 0 Å². The normalized spacial score (nSPS) is 16.4. The first-order valence-electron chi connectivity index (χ1n) is 5.99. The molecule has 3 heteroatoms. The zero-order valence-corrected chi connectivity index (χ0v) is 11.0. The summed E-state index contributed by atoms with van der Waals surface area (Å²) in [7, 11) is 0. The average molecular weight is 244 g/mol. The van der Waals surface area contributed by atoms with E-state index < -0.39 is 0 Å². The fourth-order valence-electron chi connectivity index (χ4n) is 2.16. The van der Waals surface area contributed by atoms with Gasteiger partial charge in [-0.15, -0.1) is 11.3 Å². The zero-order valence-electron chi connectivity index (χ0n) is 10.2. The first kappa shape index (κ1) is 10.9. The molecule has 1 atom stereocenters. The van der Waals surface area contributed by atoms with Gasteiger partial charge < -0.3 is 5.73 Å². The molecule has 1 aromatic heterocycles. The summed E-state index contributed by atoms with van der Waals surface area (Å²) in [6.07, 6.45) is 1.93. The van der Waals surface area contributed by atoms with Crippen LogP contribution in [0.5, 0.6) is 0 Å². The highest BCUT2D eigenvalue weighted by atomic mass is 32.1. The van der Waals surface area contributed by atoms with Gasteiger partial charge in [0.1, 0.15) is 5.01 Å². The van der Waals surface area contributed by atoms with Gasteiger partial charge in [-0.2, -0.15) is 0 Å². The monoisotopic (exact) mass is 244 g/mol. The highest BCUT2D eigenvalue weighted by molar-refractivity contribution is 7.12. The van der Waals surface area contributed by atoms with E-state index >= 15 is 0 Å². The van der Waals surface area contributed by atoms with Crippen molar-refractivity contribution in [2.45, 2.75) is 32.2 Å². The molecule has 1 aliphatic carbocycles. The maximum atomic E-state index is 6.27. The van der Waals surface area contributed by atoms with Gasteiger partial charge in [0, 0.05) is 16.9 Å². The van der Waals surface area contributed by atoms with Crippen LogP contribution in [0.15, 0.2) is 24.3 Å². The fourth-order valence-corrected chi connectivity index (χ4v) is 3.38. The van der Waals surface area contributed by atoms with Crippen molar-refractivity contribution < 1.29 is 0 Å². The number of hydrogen-bond acceptors (Lipinski definition) is 3. The summed E-state index contributed by atoms with van der Waals surface area (Å²) < 4.78 is 0. The molecule has 0 radical (unpaired) electrons. The van der Waals surface area contributed by atoms with Gasteiger partial charge in [-0.25, -0.2) is 4.98 Å². The number of thiazole rings is 1. The minimum Gasteiger partial charge on any atom is -0.320 e. The molecule has 2 aromatic rings. The van der Waals surface area contributed by atoms with Gasteiger partial charge in [0.15, 0.2) is 0 Å². The zero-order chi connectivity index (χ0) is 12.0. The van der Waals surface area contributed by atoms with Crippen molar-refractivity contribution in [3.63, 3.8) is 0 Å². The molecule has 1 aromatic carbocycles. The Morgan fingerprint density at radius 2 is 2.18 bits per heavy atom. The quantitative estimate of drug-likeness (QED) is 0.751. The Hall–Kier alpha value is -1.19. The van der Waals surface area contributed by atoms with E-state index in [2.05, 4.69) is 38.1 Å². The van der Waals surface area contributed by atoms with Gasteiger partial charge in [-0.1, -0.05) is 31.2 Å². The standard InChI is InChI=1S/C14H16N2S/c1-3-14(2,15)13-16-12-10-7-5-4-6-9(10)8-11(12)17-13/h4-7H,3,8,15H2,1-2H3. The third kappa shape index (κ3) is 1.61. The van der Waals surface area contributed by atoms with E-state index in [1.807, 2.05) is 0 Å². The largest absolute Gasteiger partial charge is 0.320 e. The third-order valence-corrected chi connectivity index (χ3v) is 4.88. The molecule has 0 aliphatic heterocycles. The molecule has 0 bridgehead atoms. The summed E-state index contributed by atoms with van der Waals surface area (Å²) in [5.74, 6) is 0. The molecule has 3 rings (SSSR count). The number of hydrogen-bond donors (Lipinski definition) is 1. The lowest BCUT2D eigenvalue weighted by molar-refractivity contribution is 0.474. The van der Waals surface area contributed by atoms with Crippen molar-refractivity contribution >= 4 is 11.3 Å². The van der Waals surface area contributed by atoms with E-state index in [0.29, 0.717) is 0 Å². The Kier molecular flexibility index (Phi) is 2.35. The summed E-state index contributed by atoms with van der Waals surface area (Å²) in [5.41, 5.74) is 9.82. The molecule has 0 saturated carbocycles. The molecule has 0 spiro atoms. The van der Waals surface area contributed by atoms with E-state index in [9.17, 15) is 0 Å². The smallest absolute Gasteiger partial charge is 0.113 e. The number of rotatable bonds is 2. The average Bonchev–Trinajstić information content (AvgIpc) is 2.86. The molecule has 1 aliphatic rings. The van der Waals surface area contributed by atoms with Crippen LogP contribution < -0.4 is 5.73 Å². The number of nitrogens with two attached hydrogens (primary N) is 1. The van der Waals surface area contributed by atoms with Gasteiger partial charge in [0.25, 0.3) is 0 Å². The predicted molar refractivity (Wildman–Crippen MR) is 72.2 cm³/mol. The second-order valence-corrected chi connectivity index (χ2v) is 5.98. The third-order valence-electron chi connectivity index (χ3n) is 3.54. The fraction of sp³-hybridized carbons (Fsp3) is 0.357. The predicted octanol–water partition coefficient (Wildman–Crippen LogP) is 3.30. The molecule has 2 N–H and O–H groups in total. The molecule has 0 amide bonds. The van der Waals surface area contributed by atoms with Gasteiger partial charge >= 0.3 is 0 Å². The van der Waals surface area contributed by atoms with E-state index in [4.69, 9.17) is 10.7 Å². The minimum atomic E-state index is -0.288. The van der Waals surface area contributed by atoms with E-state index in [1.165, 1.54) is 16.0 Å². The van der Waals surface area contributed by atoms with Crippen LogP contribution in [0, 0.1) is 0 Å². The minimum absolute atomic E-state index is 0.288. The summed E-state index contributed by atoms with van der Waals surface area (Å²) >= 11 is 1.77. The van der Waals surface area contributed by atoms with Gasteiger partial charge in [0.05, 0.1) is 11.2 Å². The lowest BCUT2D eigenvalue weighted by Gasteiger charge is -2.19. The molecule has 88 valence electrons. The first-order valence-corrected chi connectivity index (χ1v) is 6.81. The van der Waals surface area contributed by atoms with Gasteiger partial charge in [-0.05, 0) is 18.9 Å². The molecule has 17 heavy (non-hydrogen) atoms. The topological polar surface area (TPSA) is 38.9 Å². The van der Waals surface area contributed by atoms with E-state index in [0.717, 1.165) is 23.5 Å². The molecular formula is C14H16N2S. The van der Waals surface area contributed by atoms with Crippen LogP contribution in [0.3, 0.4) is 0 Å². The van der Waals surface area contributed by atoms with E-state index in [1.54, 1.807) is 11.3 Å². The van der Waals surface area contributed by atoms with Crippen molar-refractivity contribution in [2.75, 3.05) is 0 Å². The lowest BCUT2D eigenvalue weighted by atomic mass is 10.0. The Morgan fingerprint density at radius 1 is 1.41 bits per heavy atom. The van der Waals surface area contributed by atoms with Crippen molar-refractivity contribution in [3.8, 4) is 11.3 Å². The van der Waals surface area contributed by atoms with Gasteiger partial charge in [0.2, 0.25) is 0 Å². The Balaban J connectivity index is 2.10. The summed E-state index contributed by atoms with van der Waals surface area (Å²) in [6, 6.07) is 8.51.